The van der Waals surface area contributed by atoms with Crippen LogP contribution in [0.4, 0.5) is 5.69 Å². The molecule has 0 aliphatic carbocycles. The van der Waals surface area contributed by atoms with Gasteiger partial charge in [0.25, 0.3) is 0 Å². The Morgan fingerprint density at radius 2 is 1.65 bits per heavy atom. The lowest BCUT2D eigenvalue weighted by atomic mass is 10.1. The van der Waals surface area contributed by atoms with E-state index in [1.54, 1.807) is 0 Å². The largest absolute Gasteiger partial charge is 0.398 e. The predicted octanol–water partition coefficient (Wildman–Crippen LogP) is 4.09. The topological polar surface area (TPSA) is 26.0 Å². The molecule has 2 aromatic carbocycles. The minimum atomic E-state index is 0.733. The molecular weight excluding hydrogens is 230 g/mol. The van der Waals surface area contributed by atoms with E-state index in [1.807, 2.05) is 48.5 Å². The molecule has 0 bridgehead atoms. The van der Waals surface area contributed by atoms with Crippen LogP contribution in [0.25, 0.3) is 6.08 Å². The van der Waals surface area contributed by atoms with E-state index < -0.39 is 0 Å². The molecule has 86 valence electrons. The van der Waals surface area contributed by atoms with E-state index in [-0.39, 0.29) is 0 Å². The van der Waals surface area contributed by atoms with Gasteiger partial charge in [-0.15, -0.1) is 0 Å². The fourth-order valence-corrected chi connectivity index (χ4v) is 1.92. The first kappa shape index (κ1) is 11.7. The number of allylic oxidation sites excluding steroid dienone is 1. The van der Waals surface area contributed by atoms with Gasteiger partial charge in [0, 0.05) is 17.1 Å². The predicted molar refractivity (Wildman–Crippen MR) is 74.8 cm³/mol. The van der Waals surface area contributed by atoms with E-state index in [9.17, 15) is 0 Å². The first-order chi connectivity index (χ1) is 8.25. The van der Waals surface area contributed by atoms with Crippen molar-refractivity contribution in [2.75, 3.05) is 5.73 Å². The molecule has 0 aromatic heterocycles. The molecule has 1 nitrogen and oxygen atoms in total. The summed E-state index contributed by atoms with van der Waals surface area (Å²) in [5.74, 6) is 0. The highest BCUT2D eigenvalue weighted by Crippen LogP contribution is 2.19. The smallest absolute Gasteiger partial charge is 0.0388 e. The number of nitrogen functional groups attached to an aromatic ring is 1. The van der Waals surface area contributed by atoms with E-state index in [1.165, 1.54) is 5.56 Å². The highest BCUT2D eigenvalue weighted by Gasteiger charge is 1.98. The lowest BCUT2D eigenvalue weighted by Crippen LogP contribution is -1.89. The van der Waals surface area contributed by atoms with Crippen LogP contribution in [0.15, 0.2) is 59.6 Å². The molecule has 17 heavy (non-hydrogen) atoms. The third kappa shape index (κ3) is 3.36. The molecule has 0 aliphatic heterocycles. The zero-order chi connectivity index (χ0) is 12.1. The first-order valence-corrected chi connectivity index (χ1v) is 5.88. The maximum atomic E-state index is 6.23. The zero-order valence-electron chi connectivity index (χ0n) is 9.44. The van der Waals surface area contributed by atoms with E-state index in [0.29, 0.717) is 0 Å². The minimum Gasteiger partial charge on any atom is -0.398 e. The van der Waals surface area contributed by atoms with Crippen molar-refractivity contribution < 1.29 is 0 Å². The van der Waals surface area contributed by atoms with Crippen LogP contribution in [-0.4, -0.2) is 0 Å². The summed E-state index contributed by atoms with van der Waals surface area (Å²) in [7, 11) is 0. The number of benzene rings is 2. The standard InChI is InChI=1S/C15H14ClN/c16-14(10-12-6-2-1-3-7-12)11-13-8-4-5-9-15(13)17/h1-9,11H,10,17H2. The molecule has 2 heteroatoms. The summed E-state index contributed by atoms with van der Waals surface area (Å²) >= 11 is 6.23. The van der Waals surface area contributed by atoms with Crippen molar-refractivity contribution in [2.45, 2.75) is 6.42 Å². The first-order valence-electron chi connectivity index (χ1n) is 5.50. The number of rotatable bonds is 3. The van der Waals surface area contributed by atoms with Gasteiger partial charge in [-0.05, 0) is 23.3 Å². The second-order valence-corrected chi connectivity index (χ2v) is 4.37. The summed E-state index contributed by atoms with van der Waals surface area (Å²) < 4.78 is 0. The van der Waals surface area contributed by atoms with Crippen LogP contribution in [0.3, 0.4) is 0 Å². The molecule has 0 atom stereocenters. The van der Waals surface area contributed by atoms with Gasteiger partial charge in [-0.25, -0.2) is 0 Å². The lowest BCUT2D eigenvalue weighted by molar-refractivity contribution is 1.25. The quantitative estimate of drug-likeness (QED) is 0.808. The molecule has 0 amide bonds. The van der Waals surface area contributed by atoms with Crippen LogP contribution < -0.4 is 5.73 Å². The Hall–Kier alpha value is -1.73. The fraction of sp³-hybridized carbons (Fsp3) is 0.0667. The van der Waals surface area contributed by atoms with Gasteiger partial charge in [0.05, 0.1) is 0 Å². The number of hydrogen-bond acceptors (Lipinski definition) is 1. The average Bonchev–Trinajstić information content (AvgIpc) is 2.33. The Morgan fingerprint density at radius 1 is 1.00 bits per heavy atom. The molecule has 0 aliphatic rings. The van der Waals surface area contributed by atoms with E-state index in [0.717, 1.165) is 22.7 Å². The molecule has 0 saturated heterocycles. The number of nitrogens with two attached hydrogens (primary N) is 1. The average molecular weight is 244 g/mol. The fourth-order valence-electron chi connectivity index (χ4n) is 1.65. The lowest BCUT2D eigenvalue weighted by Gasteiger charge is -2.02. The van der Waals surface area contributed by atoms with Crippen molar-refractivity contribution in [3.8, 4) is 0 Å². The maximum absolute atomic E-state index is 6.23. The Bertz CT molecular complexity index is 517. The van der Waals surface area contributed by atoms with Crippen molar-refractivity contribution in [2.24, 2.45) is 0 Å². The monoisotopic (exact) mass is 243 g/mol. The molecule has 0 spiro atoms. The van der Waals surface area contributed by atoms with Crippen LogP contribution in [-0.2, 0) is 6.42 Å². The molecule has 0 unspecified atom stereocenters. The number of hydrogen-bond donors (Lipinski definition) is 1. The molecule has 2 N–H and O–H groups in total. The van der Waals surface area contributed by atoms with E-state index in [2.05, 4.69) is 12.1 Å². The third-order valence-corrected chi connectivity index (χ3v) is 2.77. The zero-order valence-corrected chi connectivity index (χ0v) is 10.2. The molecule has 2 aromatic rings. The van der Waals surface area contributed by atoms with Gasteiger partial charge >= 0.3 is 0 Å². The number of halogens is 1. The normalized spacial score (nSPS) is 11.5. The molecule has 0 radical (unpaired) electrons. The van der Waals surface area contributed by atoms with Gasteiger partial charge in [0.2, 0.25) is 0 Å². The summed E-state index contributed by atoms with van der Waals surface area (Å²) in [5.41, 5.74) is 8.77. The molecule has 2 rings (SSSR count). The highest BCUT2D eigenvalue weighted by molar-refractivity contribution is 6.31. The van der Waals surface area contributed by atoms with Crippen molar-refractivity contribution in [3.05, 3.63) is 70.8 Å². The van der Waals surface area contributed by atoms with Crippen LogP contribution in [0, 0.1) is 0 Å². The van der Waals surface area contributed by atoms with Gasteiger partial charge in [0.15, 0.2) is 0 Å². The van der Waals surface area contributed by atoms with Gasteiger partial charge in [-0.1, -0.05) is 60.1 Å². The number of anilines is 1. The van der Waals surface area contributed by atoms with Crippen molar-refractivity contribution in [1.82, 2.24) is 0 Å². The van der Waals surface area contributed by atoms with Gasteiger partial charge in [-0.3, -0.25) is 0 Å². The third-order valence-electron chi connectivity index (χ3n) is 2.52. The van der Waals surface area contributed by atoms with E-state index >= 15 is 0 Å². The Kier molecular flexibility index (Phi) is 3.84. The summed E-state index contributed by atoms with van der Waals surface area (Å²) in [6.45, 7) is 0. The van der Waals surface area contributed by atoms with Crippen LogP contribution >= 0.6 is 11.6 Å². The van der Waals surface area contributed by atoms with E-state index in [4.69, 9.17) is 17.3 Å². The molecular formula is C15H14ClN. The SMILES string of the molecule is Nc1ccccc1C=C(Cl)Cc1ccccc1. The minimum absolute atomic E-state index is 0.733. The summed E-state index contributed by atoms with van der Waals surface area (Å²) in [6, 6.07) is 17.8. The second-order valence-electron chi connectivity index (χ2n) is 3.88. The summed E-state index contributed by atoms with van der Waals surface area (Å²) in [6.07, 6.45) is 2.65. The summed E-state index contributed by atoms with van der Waals surface area (Å²) in [4.78, 5) is 0. The van der Waals surface area contributed by atoms with Crippen molar-refractivity contribution in [1.29, 1.82) is 0 Å². The Labute approximate surface area is 107 Å². The van der Waals surface area contributed by atoms with Crippen LogP contribution in [0.1, 0.15) is 11.1 Å². The molecule has 0 fully saturated rings. The van der Waals surface area contributed by atoms with Crippen molar-refractivity contribution >= 4 is 23.4 Å². The molecule has 0 saturated carbocycles. The maximum Gasteiger partial charge on any atom is 0.0388 e. The molecule has 0 heterocycles. The van der Waals surface area contributed by atoms with Gasteiger partial charge in [-0.2, -0.15) is 0 Å². The Balaban J connectivity index is 2.16. The van der Waals surface area contributed by atoms with Crippen LogP contribution in [0.5, 0.6) is 0 Å². The van der Waals surface area contributed by atoms with Crippen molar-refractivity contribution in [3.63, 3.8) is 0 Å². The van der Waals surface area contributed by atoms with Crippen LogP contribution in [0.2, 0.25) is 0 Å². The van der Waals surface area contributed by atoms with Gasteiger partial charge in [0.1, 0.15) is 0 Å². The number of para-hydroxylation sites is 1. The summed E-state index contributed by atoms with van der Waals surface area (Å²) in [5, 5.41) is 0.786. The highest BCUT2D eigenvalue weighted by atomic mass is 35.5. The van der Waals surface area contributed by atoms with Gasteiger partial charge < -0.3 is 5.73 Å². The second kappa shape index (κ2) is 5.55. The Morgan fingerprint density at radius 3 is 2.35 bits per heavy atom.